The van der Waals surface area contributed by atoms with E-state index in [2.05, 4.69) is 11.6 Å². The van der Waals surface area contributed by atoms with Gasteiger partial charge in [-0.05, 0) is 11.6 Å². The van der Waals surface area contributed by atoms with Crippen molar-refractivity contribution in [2.75, 3.05) is 0 Å². The topological polar surface area (TPSA) is 0 Å². The third-order valence-electron chi connectivity index (χ3n) is 0.143. The van der Waals surface area contributed by atoms with Crippen LogP contribution >= 0.6 is 11.6 Å². The molecule has 0 amide bonds. The van der Waals surface area contributed by atoms with Crippen LogP contribution in [0.25, 0.3) is 0 Å². The molecule has 0 saturated heterocycles. The minimum Gasteiger partial charge on any atom is -0.188 e. The van der Waals surface area contributed by atoms with Gasteiger partial charge in [-0.2, -0.15) is 13.2 Å². The van der Waals surface area contributed by atoms with Gasteiger partial charge in [0.2, 0.25) is 0 Å². The first-order valence-electron chi connectivity index (χ1n) is 1.01. The lowest BCUT2D eigenvalue weighted by molar-refractivity contribution is 0.393. The number of rotatable bonds is 0. The fraction of sp³-hybridized carbons (Fsp3) is 0.333. The Balaban J connectivity index is 0. The molecule has 0 unspecified atom stereocenters. The molecule has 0 aromatic carbocycles. The molecule has 0 aliphatic rings. The summed E-state index contributed by atoms with van der Waals surface area (Å²) in [6, 6.07) is 0. The van der Waals surface area contributed by atoms with E-state index in [4.69, 9.17) is 0 Å². The van der Waals surface area contributed by atoms with Crippen molar-refractivity contribution in [3.8, 4) is 0 Å². The fourth-order valence-electron chi connectivity index (χ4n) is 0. The molecule has 0 aromatic heterocycles. The quantitative estimate of drug-likeness (QED) is 0.475. The van der Waals surface area contributed by atoms with Gasteiger partial charge in [0, 0.05) is 0 Å². The van der Waals surface area contributed by atoms with Gasteiger partial charge in [0.15, 0.2) is 0 Å². The van der Waals surface area contributed by atoms with E-state index in [-0.39, 0.29) is 7.43 Å². The van der Waals surface area contributed by atoms with E-state index in [0.29, 0.717) is 0 Å². The van der Waals surface area contributed by atoms with Crippen LogP contribution in [0, 0.1) is 0 Å². The van der Waals surface area contributed by atoms with Crippen LogP contribution in [0.3, 0.4) is 0 Å². The Labute approximate surface area is 44.6 Å². The molecule has 0 aliphatic heterocycles. The van der Waals surface area contributed by atoms with Crippen molar-refractivity contribution in [1.29, 1.82) is 0 Å². The highest BCUT2D eigenvalue weighted by Crippen LogP contribution is 2.11. The average Bonchev–Trinajstić information content (AvgIpc) is 1.36. The molecule has 0 rings (SSSR count). The molecule has 0 bridgehead atoms. The van der Waals surface area contributed by atoms with E-state index < -0.39 is 11.4 Å². The summed E-state index contributed by atoms with van der Waals surface area (Å²) in [5, 5.41) is -1.94. The highest BCUT2D eigenvalue weighted by molar-refractivity contribution is 6.28. The van der Waals surface area contributed by atoms with E-state index in [0.717, 1.165) is 0 Å². The SMILES string of the molecule is C.FC(F)=C(F)Cl. The number of hydrogen-bond donors (Lipinski definition) is 0. The third kappa shape index (κ3) is 5.82. The van der Waals surface area contributed by atoms with Crippen molar-refractivity contribution < 1.29 is 13.2 Å². The molecule has 44 valence electrons. The lowest BCUT2D eigenvalue weighted by atomic mass is 11.1. The molecule has 0 radical (unpaired) electrons. The maximum Gasteiger partial charge on any atom is 0.317 e. The first kappa shape index (κ1) is 9.94. The molecule has 0 saturated carbocycles. The van der Waals surface area contributed by atoms with Gasteiger partial charge in [0.05, 0.1) is 0 Å². The zero-order chi connectivity index (χ0) is 5.15. The number of hydrogen-bond acceptors (Lipinski definition) is 0. The minimum atomic E-state index is -2.48. The molecule has 0 atom stereocenters. The van der Waals surface area contributed by atoms with Crippen LogP contribution in [0.1, 0.15) is 7.43 Å². The molecule has 0 aromatic rings. The average molecular weight is 133 g/mol. The van der Waals surface area contributed by atoms with Crippen molar-refractivity contribution in [1.82, 2.24) is 0 Å². The second-order valence-corrected chi connectivity index (χ2v) is 0.853. The molecule has 0 fully saturated rings. The lowest BCUT2D eigenvalue weighted by Crippen LogP contribution is -1.54. The monoisotopic (exact) mass is 132 g/mol. The van der Waals surface area contributed by atoms with Gasteiger partial charge in [-0.25, -0.2) is 0 Å². The van der Waals surface area contributed by atoms with Crippen molar-refractivity contribution in [2.24, 2.45) is 0 Å². The first-order valence-corrected chi connectivity index (χ1v) is 1.38. The predicted octanol–water partition coefficient (Wildman–Crippen LogP) is 2.90. The Kier molecular flexibility index (Phi) is 5.67. The summed E-state index contributed by atoms with van der Waals surface area (Å²) in [7, 11) is 0. The maximum atomic E-state index is 10.7. The van der Waals surface area contributed by atoms with Crippen LogP contribution in [0.4, 0.5) is 13.2 Å². The van der Waals surface area contributed by atoms with E-state index in [9.17, 15) is 13.2 Å². The molecule has 0 spiro atoms. The van der Waals surface area contributed by atoms with Crippen molar-refractivity contribution >= 4 is 11.6 Å². The summed E-state index contributed by atoms with van der Waals surface area (Å²) < 4.78 is 31.8. The van der Waals surface area contributed by atoms with Gasteiger partial charge in [-0.3, -0.25) is 0 Å². The summed E-state index contributed by atoms with van der Waals surface area (Å²) >= 11 is 4.08. The van der Waals surface area contributed by atoms with Crippen molar-refractivity contribution in [3.05, 3.63) is 11.4 Å². The zero-order valence-electron chi connectivity index (χ0n) is 2.51. The van der Waals surface area contributed by atoms with Gasteiger partial charge in [-0.15, -0.1) is 0 Å². The Morgan fingerprint density at radius 1 is 1.14 bits per heavy atom. The molecule has 7 heavy (non-hydrogen) atoms. The summed E-state index contributed by atoms with van der Waals surface area (Å²) in [5.74, 6) is 0. The highest BCUT2D eigenvalue weighted by Gasteiger charge is 1.95. The smallest absolute Gasteiger partial charge is 0.188 e. The number of halogens is 4. The Bertz CT molecular complexity index is 60.2. The molecule has 0 aliphatic carbocycles. The largest absolute Gasteiger partial charge is 0.317 e. The van der Waals surface area contributed by atoms with E-state index in [1.54, 1.807) is 0 Å². The van der Waals surface area contributed by atoms with Crippen LogP contribution < -0.4 is 0 Å². The second-order valence-electron chi connectivity index (χ2n) is 0.521. The summed E-state index contributed by atoms with van der Waals surface area (Å²) in [6.45, 7) is 0. The summed E-state index contributed by atoms with van der Waals surface area (Å²) in [6.07, 6.45) is -2.48. The van der Waals surface area contributed by atoms with Crippen LogP contribution in [-0.4, -0.2) is 0 Å². The van der Waals surface area contributed by atoms with Crippen LogP contribution in [0.5, 0.6) is 0 Å². The molecule has 0 heterocycles. The van der Waals surface area contributed by atoms with Crippen molar-refractivity contribution in [2.45, 2.75) is 7.43 Å². The molecular weight excluding hydrogens is 128 g/mol. The molecule has 4 heteroatoms. The van der Waals surface area contributed by atoms with Gasteiger partial charge in [-0.1, -0.05) is 7.43 Å². The van der Waals surface area contributed by atoms with Crippen LogP contribution in [0.2, 0.25) is 0 Å². The van der Waals surface area contributed by atoms with Gasteiger partial charge in [0.25, 0.3) is 5.29 Å². The van der Waals surface area contributed by atoms with Crippen LogP contribution in [-0.2, 0) is 0 Å². The minimum absolute atomic E-state index is 0. The molecule has 0 N–H and O–H groups in total. The first-order chi connectivity index (χ1) is 2.64. The van der Waals surface area contributed by atoms with Gasteiger partial charge >= 0.3 is 6.08 Å². The van der Waals surface area contributed by atoms with Crippen molar-refractivity contribution in [3.63, 3.8) is 0 Å². The van der Waals surface area contributed by atoms with Gasteiger partial charge < -0.3 is 0 Å². The van der Waals surface area contributed by atoms with E-state index in [1.165, 1.54) is 0 Å². The normalized spacial score (nSPS) is 6.86. The third-order valence-corrected chi connectivity index (χ3v) is 0.286. The van der Waals surface area contributed by atoms with Gasteiger partial charge in [0.1, 0.15) is 0 Å². The van der Waals surface area contributed by atoms with E-state index in [1.807, 2.05) is 0 Å². The predicted molar refractivity (Wildman–Crippen MR) is 22.9 cm³/mol. The highest BCUT2D eigenvalue weighted by atomic mass is 35.5. The van der Waals surface area contributed by atoms with E-state index >= 15 is 0 Å². The molecule has 0 nitrogen and oxygen atoms in total. The fourth-order valence-corrected chi connectivity index (χ4v) is 0. The Morgan fingerprint density at radius 2 is 1.29 bits per heavy atom. The standard InChI is InChI=1S/C2ClF3.CH4/c3-1(4)2(5)6;/h;1H4. The molecular formula is C3H4ClF3. The summed E-state index contributed by atoms with van der Waals surface area (Å²) in [5.41, 5.74) is 0. The maximum absolute atomic E-state index is 10.7. The Morgan fingerprint density at radius 3 is 1.29 bits per heavy atom. The van der Waals surface area contributed by atoms with Crippen LogP contribution in [0.15, 0.2) is 11.4 Å². The summed E-state index contributed by atoms with van der Waals surface area (Å²) in [4.78, 5) is 0. The zero-order valence-corrected chi connectivity index (χ0v) is 3.27. The second kappa shape index (κ2) is 3.99. The lowest BCUT2D eigenvalue weighted by Gasteiger charge is -1.70. The Hall–Kier alpha value is -0.180.